The first-order valence-corrected chi connectivity index (χ1v) is 13.4. The summed E-state index contributed by atoms with van der Waals surface area (Å²) < 4.78 is 0. The van der Waals surface area contributed by atoms with Gasteiger partial charge < -0.3 is 5.11 Å². The molecule has 30 heavy (non-hydrogen) atoms. The molecule has 0 aromatic heterocycles. The van der Waals surface area contributed by atoms with Gasteiger partial charge in [-0.25, -0.2) is 0 Å². The second-order valence-corrected chi connectivity index (χ2v) is 13.4. The van der Waals surface area contributed by atoms with Gasteiger partial charge in [-0.05, 0) is 116 Å². The second-order valence-electron chi connectivity index (χ2n) is 13.4. The molecule has 0 saturated heterocycles. The predicted molar refractivity (Wildman–Crippen MR) is 128 cm³/mol. The topological polar surface area (TPSA) is 20.2 Å². The van der Waals surface area contributed by atoms with Crippen LogP contribution >= 0.6 is 0 Å². The lowest BCUT2D eigenvalue weighted by molar-refractivity contribution is -0.0923. The molecule has 9 atom stereocenters. The first-order valence-electron chi connectivity index (χ1n) is 13.4. The van der Waals surface area contributed by atoms with Crippen LogP contribution in [-0.2, 0) is 0 Å². The van der Waals surface area contributed by atoms with E-state index in [0.717, 1.165) is 53.9 Å². The van der Waals surface area contributed by atoms with Crippen molar-refractivity contribution < 1.29 is 5.11 Å². The highest BCUT2D eigenvalue weighted by molar-refractivity contribution is 5.20. The van der Waals surface area contributed by atoms with Crippen molar-refractivity contribution in [2.24, 2.45) is 52.3 Å². The van der Waals surface area contributed by atoms with E-state index < -0.39 is 5.60 Å². The molecular formula is C29H50O. The smallest absolute Gasteiger partial charge is 0.0859 e. The van der Waals surface area contributed by atoms with Gasteiger partial charge >= 0.3 is 0 Å². The van der Waals surface area contributed by atoms with Gasteiger partial charge in [0.25, 0.3) is 0 Å². The lowest BCUT2D eigenvalue weighted by Gasteiger charge is -2.58. The van der Waals surface area contributed by atoms with E-state index in [1.54, 1.807) is 0 Å². The Labute approximate surface area is 187 Å². The molecule has 4 rings (SSSR count). The largest absolute Gasteiger partial charge is 0.386 e. The highest BCUT2D eigenvalue weighted by Gasteiger charge is 2.63. The fourth-order valence-corrected chi connectivity index (χ4v) is 9.61. The molecule has 0 bridgehead atoms. The summed E-state index contributed by atoms with van der Waals surface area (Å²) in [7, 11) is 0. The lowest BCUT2D eigenvalue weighted by Crippen LogP contribution is -2.51. The Morgan fingerprint density at radius 3 is 2.33 bits per heavy atom. The Balaban J connectivity index is 1.49. The SMILES string of the molecule is C=C(C)[C@@]1(O)C[C@@H]2CC[C@@H]3[C@H](CC[C@]4(C)[C@@H]([C@H](C)CCCC(C)C)CC[C@@H]34)[C@@]2(C)C1. The molecule has 4 saturated carbocycles. The summed E-state index contributed by atoms with van der Waals surface area (Å²) in [6.45, 7) is 18.8. The van der Waals surface area contributed by atoms with Crippen LogP contribution in [0.1, 0.15) is 112 Å². The van der Waals surface area contributed by atoms with Gasteiger partial charge in [0.2, 0.25) is 0 Å². The van der Waals surface area contributed by atoms with Crippen LogP contribution in [0.4, 0.5) is 0 Å². The van der Waals surface area contributed by atoms with Crippen LogP contribution in [0, 0.1) is 52.3 Å². The fraction of sp³-hybridized carbons (Fsp3) is 0.931. The van der Waals surface area contributed by atoms with E-state index in [0.29, 0.717) is 16.7 Å². The summed E-state index contributed by atoms with van der Waals surface area (Å²) in [5.41, 5.74) is 1.31. The Hall–Kier alpha value is -0.300. The number of aliphatic hydroxyl groups is 1. The lowest BCUT2D eigenvalue weighted by atomic mass is 9.47. The summed E-state index contributed by atoms with van der Waals surface area (Å²) >= 11 is 0. The molecular weight excluding hydrogens is 364 g/mol. The van der Waals surface area contributed by atoms with Gasteiger partial charge in [0.05, 0.1) is 5.60 Å². The van der Waals surface area contributed by atoms with Crippen LogP contribution in [-0.4, -0.2) is 10.7 Å². The molecule has 0 aliphatic heterocycles. The van der Waals surface area contributed by atoms with Crippen LogP contribution in [0.15, 0.2) is 12.2 Å². The third-order valence-electron chi connectivity index (χ3n) is 11.3. The Morgan fingerprint density at radius 1 is 0.967 bits per heavy atom. The number of hydrogen-bond acceptors (Lipinski definition) is 1. The number of fused-ring (bicyclic) bond motifs is 5. The van der Waals surface area contributed by atoms with Crippen molar-refractivity contribution in [1.82, 2.24) is 0 Å². The van der Waals surface area contributed by atoms with Crippen molar-refractivity contribution >= 4 is 0 Å². The first-order chi connectivity index (χ1) is 14.0. The molecule has 4 fully saturated rings. The van der Waals surface area contributed by atoms with Crippen molar-refractivity contribution in [1.29, 1.82) is 0 Å². The number of rotatable bonds is 6. The Morgan fingerprint density at radius 2 is 1.67 bits per heavy atom. The summed E-state index contributed by atoms with van der Waals surface area (Å²) in [5.74, 6) is 6.06. The molecule has 4 aliphatic carbocycles. The van der Waals surface area contributed by atoms with Crippen molar-refractivity contribution in [3.63, 3.8) is 0 Å². The van der Waals surface area contributed by atoms with E-state index in [4.69, 9.17) is 0 Å². The van der Waals surface area contributed by atoms with Crippen molar-refractivity contribution in [3.05, 3.63) is 12.2 Å². The molecule has 4 aliphatic rings. The van der Waals surface area contributed by atoms with E-state index in [2.05, 4.69) is 48.1 Å². The van der Waals surface area contributed by atoms with Crippen LogP contribution < -0.4 is 0 Å². The van der Waals surface area contributed by atoms with Crippen LogP contribution in [0.5, 0.6) is 0 Å². The van der Waals surface area contributed by atoms with E-state index >= 15 is 0 Å². The minimum atomic E-state index is -0.599. The average Bonchev–Trinajstić information content (AvgIpc) is 3.15. The molecule has 0 radical (unpaired) electrons. The third kappa shape index (κ3) is 3.54. The summed E-state index contributed by atoms with van der Waals surface area (Å²) in [4.78, 5) is 0. The molecule has 172 valence electrons. The fourth-order valence-electron chi connectivity index (χ4n) is 9.61. The minimum absolute atomic E-state index is 0.332. The molecule has 0 spiro atoms. The van der Waals surface area contributed by atoms with E-state index in [9.17, 15) is 5.11 Å². The van der Waals surface area contributed by atoms with Gasteiger partial charge in [-0.15, -0.1) is 0 Å². The third-order valence-corrected chi connectivity index (χ3v) is 11.3. The zero-order chi connectivity index (χ0) is 21.9. The van der Waals surface area contributed by atoms with Crippen LogP contribution in [0.2, 0.25) is 0 Å². The minimum Gasteiger partial charge on any atom is -0.386 e. The van der Waals surface area contributed by atoms with E-state index in [-0.39, 0.29) is 0 Å². The molecule has 0 amide bonds. The molecule has 1 N–H and O–H groups in total. The van der Waals surface area contributed by atoms with E-state index in [1.165, 1.54) is 57.8 Å². The van der Waals surface area contributed by atoms with Crippen molar-refractivity contribution in [2.45, 2.75) is 118 Å². The van der Waals surface area contributed by atoms with Crippen molar-refractivity contribution in [3.8, 4) is 0 Å². The van der Waals surface area contributed by atoms with E-state index in [1.807, 2.05) is 0 Å². The maximum atomic E-state index is 11.3. The maximum absolute atomic E-state index is 11.3. The van der Waals surface area contributed by atoms with Crippen LogP contribution in [0.25, 0.3) is 0 Å². The molecule has 0 heterocycles. The molecule has 0 unspecified atom stereocenters. The van der Waals surface area contributed by atoms with Gasteiger partial charge in [0.15, 0.2) is 0 Å². The summed E-state index contributed by atoms with van der Waals surface area (Å²) in [5, 5.41) is 11.3. The Bertz CT molecular complexity index is 651. The summed E-state index contributed by atoms with van der Waals surface area (Å²) in [6.07, 6.45) is 14.8. The molecule has 1 heteroatoms. The molecule has 1 nitrogen and oxygen atoms in total. The predicted octanol–water partition coefficient (Wildman–Crippen LogP) is 8.02. The van der Waals surface area contributed by atoms with Gasteiger partial charge in [-0.2, -0.15) is 0 Å². The standard InChI is InChI=1S/C29H50O/c1-19(2)9-8-10-21(5)24-13-14-25-23-12-11-22-17-29(30,20(3)4)18-28(22,7)26(23)15-16-27(24,25)6/h19,21-26,30H,3,8-18H2,1-2,4-7H3/t21-,22+,23+,24-,25+,26+,27-,28+,29-/m1/s1. The highest BCUT2D eigenvalue weighted by atomic mass is 16.3. The normalized spacial score (nSPS) is 48.9. The van der Waals surface area contributed by atoms with Gasteiger partial charge in [0.1, 0.15) is 0 Å². The average molecular weight is 415 g/mol. The van der Waals surface area contributed by atoms with Gasteiger partial charge in [-0.3, -0.25) is 0 Å². The monoisotopic (exact) mass is 414 g/mol. The molecule has 0 aromatic carbocycles. The zero-order valence-corrected chi connectivity index (χ0v) is 21.0. The molecule has 0 aromatic rings. The highest BCUT2D eigenvalue weighted by Crippen LogP contribution is 2.70. The zero-order valence-electron chi connectivity index (χ0n) is 21.0. The van der Waals surface area contributed by atoms with Crippen molar-refractivity contribution in [2.75, 3.05) is 0 Å². The Kier molecular flexibility index (Phi) is 6.05. The van der Waals surface area contributed by atoms with Gasteiger partial charge in [-0.1, -0.05) is 60.5 Å². The van der Waals surface area contributed by atoms with Crippen LogP contribution in [0.3, 0.4) is 0 Å². The van der Waals surface area contributed by atoms with Gasteiger partial charge in [0, 0.05) is 0 Å². The first kappa shape index (κ1) is 22.9. The second kappa shape index (κ2) is 7.93. The summed E-state index contributed by atoms with van der Waals surface area (Å²) in [6, 6.07) is 0. The quantitative estimate of drug-likeness (QED) is 0.436. The maximum Gasteiger partial charge on any atom is 0.0859 e. The number of hydrogen-bond donors (Lipinski definition) is 1.